The molecule has 1 aromatic rings. The lowest BCUT2D eigenvalue weighted by atomic mass is 9.90. The van der Waals surface area contributed by atoms with Gasteiger partial charge in [-0.1, -0.05) is 59.9 Å². The van der Waals surface area contributed by atoms with Crippen LogP contribution in [0.1, 0.15) is 62.1 Å². The van der Waals surface area contributed by atoms with Gasteiger partial charge in [-0.2, -0.15) is 0 Å². The number of benzene rings is 1. The van der Waals surface area contributed by atoms with Crippen molar-refractivity contribution in [1.29, 1.82) is 0 Å². The summed E-state index contributed by atoms with van der Waals surface area (Å²) >= 11 is 0. The summed E-state index contributed by atoms with van der Waals surface area (Å²) in [4.78, 5) is 24.3. The first kappa shape index (κ1) is 21.8. The Balaban J connectivity index is 1.85. The Morgan fingerprint density at radius 2 is 1.93 bits per heavy atom. The summed E-state index contributed by atoms with van der Waals surface area (Å²) in [5.74, 6) is 6.95. The Hall–Kier alpha value is -2.92. The molecule has 0 atom stereocenters. The lowest BCUT2D eigenvalue weighted by Crippen LogP contribution is -1.99. The molecule has 0 bridgehead atoms. The van der Waals surface area contributed by atoms with E-state index in [1.54, 1.807) is 13.0 Å². The number of hydrogen-bond acceptors (Lipinski definition) is 2. The maximum atomic E-state index is 12.2. The van der Waals surface area contributed by atoms with Crippen molar-refractivity contribution in [1.82, 2.24) is 0 Å². The second kappa shape index (κ2) is 10.2. The molecule has 0 fully saturated rings. The quantitative estimate of drug-likeness (QED) is 0.334. The number of Topliss-reactive ketones (excluding diaryl/α,β-unsaturated/α-hetero) is 1. The van der Waals surface area contributed by atoms with Crippen LogP contribution in [-0.2, 0) is 9.59 Å². The second-order valence-electron chi connectivity index (χ2n) is 8.28. The molecule has 0 amide bonds. The van der Waals surface area contributed by atoms with Crippen LogP contribution in [0.5, 0.6) is 0 Å². The Bertz CT molecular complexity index is 1010. The maximum Gasteiger partial charge on any atom is 0.167 e. The molecule has 0 spiro atoms. The molecule has 0 saturated heterocycles. The van der Waals surface area contributed by atoms with Crippen LogP contribution in [0.4, 0.5) is 0 Å². The van der Waals surface area contributed by atoms with Crippen molar-refractivity contribution in [3.05, 3.63) is 76.4 Å². The van der Waals surface area contributed by atoms with Crippen LogP contribution in [0, 0.1) is 31.6 Å². The van der Waals surface area contributed by atoms with Gasteiger partial charge in [-0.25, -0.2) is 0 Å². The monoisotopic (exact) mass is 398 g/mol. The lowest BCUT2D eigenvalue weighted by Gasteiger charge is -2.13. The fraction of sp³-hybridized carbons (Fsp3) is 0.357. The zero-order valence-corrected chi connectivity index (χ0v) is 18.3. The minimum atomic E-state index is 0.0410. The van der Waals surface area contributed by atoms with E-state index in [2.05, 4.69) is 56.0 Å². The summed E-state index contributed by atoms with van der Waals surface area (Å²) in [5.41, 5.74) is 6.62. The topological polar surface area (TPSA) is 34.1 Å². The van der Waals surface area contributed by atoms with E-state index in [1.807, 2.05) is 12.2 Å². The molecule has 0 aliphatic heterocycles. The number of carbonyl (C=O) groups excluding carboxylic acids is 2. The number of allylic oxidation sites excluding steroid dienone is 8. The van der Waals surface area contributed by atoms with Crippen LogP contribution < -0.4 is 0 Å². The fourth-order valence-corrected chi connectivity index (χ4v) is 3.99. The van der Waals surface area contributed by atoms with E-state index in [4.69, 9.17) is 0 Å². The normalized spacial score (nSPS) is 17.0. The van der Waals surface area contributed by atoms with Gasteiger partial charge in [0.15, 0.2) is 11.6 Å². The van der Waals surface area contributed by atoms with Gasteiger partial charge in [-0.05, 0) is 80.7 Å². The molecule has 0 heterocycles. The van der Waals surface area contributed by atoms with Gasteiger partial charge in [0.2, 0.25) is 0 Å². The molecule has 0 N–H and O–H groups in total. The molecule has 2 nitrogen and oxygen atoms in total. The highest BCUT2D eigenvalue weighted by Gasteiger charge is 2.17. The molecule has 1 aromatic carbocycles. The van der Waals surface area contributed by atoms with E-state index in [1.165, 1.54) is 22.3 Å². The highest BCUT2D eigenvalue weighted by Crippen LogP contribution is 2.33. The summed E-state index contributed by atoms with van der Waals surface area (Å²) in [6.07, 6.45) is 14.5. The second-order valence-corrected chi connectivity index (χ2v) is 8.28. The molecular weight excluding hydrogens is 368 g/mol. The average molecular weight is 399 g/mol. The molecule has 154 valence electrons. The number of ketones is 2. The van der Waals surface area contributed by atoms with Crippen molar-refractivity contribution >= 4 is 17.1 Å². The maximum absolute atomic E-state index is 12.2. The molecule has 0 aromatic heterocycles. The van der Waals surface area contributed by atoms with Crippen molar-refractivity contribution in [2.45, 2.75) is 59.3 Å². The van der Waals surface area contributed by atoms with Crippen molar-refractivity contribution in [2.24, 2.45) is 5.92 Å². The first-order valence-electron chi connectivity index (χ1n) is 10.8. The van der Waals surface area contributed by atoms with Crippen LogP contribution in [0.2, 0.25) is 0 Å². The van der Waals surface area contributed by atoms with Crippen molar-refractivity contribution in [2.75, 3.05) is 0 Å². The van der Waals surface area contributed by atoms with E-state index in [-0.39, 0.29) is 18.0 Å². The van der Waals surface area contributed by atoms with Gasteiger partial charge in [-0.15, -0.1) is 0 Å². The number of aryl methyl sites for hydroxylation is 2. The Morgan fingerprint density at radius 3 is 2.67 bits per heavy atom. The largest absolute Gasteiger partial charge is 0.295 e. The highest BCUT2D eigenvalue weighted by atomic mass is 16.1. The van der Waals surface area contributed by atoms with Gasteiger partial charge in [0, 0.05) is 12.0 Å². The Kier molecular flexibility index (Phi) is 7.41. The van der Waals surface area contributed by atoms with E-state index < -0.39 is 0 Å². The van der Waals surface area contributed by atoms with E-state index in [0.29, 0.717) is 12.3 Å². The van der Waals surface area contributed by atoms with Crippen LogP contribution in [0.25, 0.3) is 5.57 Å². The Labute approximate surface area is 180 Å². The minimum absolute atomic E-state index is 0.0410. The zero-order valence-electron chi connectivity index (χ0n) is 18.3. The van der Waals surface area contributed by atoms with Gasteiger partial charge in [-0.3, -0.25) is 9.59 Å². The summed E-state index contributed by atoms with van der Waals surface area (Å²) in [6.45, 7) is 5.82. The highest BCUT2D eigenvalue weighted by molar-refractivity contribution is 5.95. The third-order valence-corrected chi connectivity index (χ3v) is 5.79. The molecule has 0 unspecified atom stereocenters. The molecule has 3 rings (SSSR count). The van der Waals surface area contributed by atoms with E-state index in [0.717, 1.165) is 36.8 Å². The van der Waals surface area contributed by atoms with Crippen LogP contribution in [-0.4, -0.2) is 11.6 Å². The number of carbonyl (C=O) groups is 2. The third kappa shape index (κ3) is 5.80. The zero-order chi connectivity index (χ0) is 21.5. The molecule has 2 aliphatic carbocycles. The molecule has 30 heavy (non-hydrogen) atoms. The third-order valence-electron chi connectivity index (χ3n) is 5.79. The van der Waals surface area contributed by atoms with Gasteiger partial charge in [0.05, 0.1) is 6.42 Å². The fourth-order valence-electron chi connectivity index (χ4n) is 3.99. The van der Waals surface area contributed by atoms with Crippen molar-refractivity contribution in [3.8, 4) is 11.8 Å². The van der Waals surface area contributed by atoms with E-state index in [9.17, 15) is 9.59 Å². The van der Waals surface area contributed by atoms with Gasteiger partial charge in [0.25, 0.3) is 0 Å². The molecule has 0 saturated carbocycles. The summed E-state index contributed by atoms with van der Waals surface area (Å²) in [5, 5.41) is 0. The standard InChI is InChI=1S/C28H30O2/c1-20-14-15-21(2)28(18-20)27-13-7-10-24(22(3)29)19-25(27)11-6-12-26(30)17-16-23-8-4-5-9-23/h4-5,10,14-18,23H,7-9,12-13,19H2,1-3H3/b17-16+. The SMILES string of the molecule is CC(=O)C1=CCCC(c2cc(C)ccc2C)=C(C#CCC(=O)/C=C/C2CC=CC2)C1. The molecule has 2 aliphatic rings. The van der Waals surface area contributed by atoms with E-state index >= 15 is 0 Å². The van der Waals surface area contributed by atoms with Crippen molar-refractivity contribution < 1.29 is 9.59 Å². The summed E-state index contributed by atoms with van der Waals surface area (Å²) in [7, 11) is 0. The van der Waals surface area contributed by atoms with Crippen LogP contribution >= 0.6 is 0 Å². The van der Waals surface area contributed by atoms with Crippen molar-refractivity contribution in [3.63, 3.8) is 0 Å². The predicted molar refractivity (Wildman–Crippen MR) is 124 cm³/mol. The minimum Gasteiger partial charge on any atom is -0.295 e. The van der Waals surface area contributed by atoms with Crippen LogP contribution in [0.15, 0.2) is 59.7 Å². The average Bonchev–Trinajstić information content (AvgIpc) is 3.14. The Morgan fingerprint density at radius 1 is 1.17 bits per heavy atom. The lowest BCUT2D eigenvalue weighted by molar-refractivity contribution is -0.114. The van der Waals surface area contributed by atoms with Gasteiger partial charge in [0.1, 0.15) is 0 Å². The first-order chi connectivity index (χ1) is 14.4. The first-order valence-corrected chi connectivity index (χ1v) is 10.8. The molecule has 2 heteroatoms. The van der Waals surface area contributed by atoms with Crippen LogP contribution in [0.3, 0.4) is 0 Å². The number of rotatable bonds is 5. The summed E-state index contributed by atoms with van der Waals surface area (Å²) in [6, 6.07) is 6.46. The van der Waals surface area contributed by atoms with Gasteiger partial charge < -0.3 is 0 Å². The molecular formula is C28H30O2. The predicted octanol–water partition coefficient (Wildman–Crippen LogP) is 6.24. The smallest absolute Gasteiger partial charge is 0.167 e. The molecule has 0 radical (unpaired) electrons. The number of hydrogen-bond donors (Lipinski definition) is 0. The summed E-state index contributed by atoms with van der Waals surface area (Å²) < 4.78 is 0. The van der Waals surface area contributed by atoms with Gasteiger partial charge >= 0.3 is 0 Å².